The van der Waals surface area contributed by atoms with Crippen LogP contribution in [-0.2, 0) is 16.0 Å². The second kappa shape index (κ2) is 5.45. The molecule has 1 rings (SSSR count). The molecule has 2 nitrogen and oxygen atoms in total. The van der Waals surface area contributed by atoms with Gasteiger partial charge in [0.2, 0.25) is 0 Å². The highest BCUT2D eigenvalue weighted by molar-refractivity contribution is 6.30. The Morgan fingerprint density at radius 3 is 3.00 bits per heavy atom. The fourth-order valence-corrected chi connectivity index (χ4v) is 1.24. The summed E-state index contributed by atoms with van der Waals surface area (Å²) in [6.45, 7) is 0. The maximum absolute atomic E-state index is 10.7. The lowest BCUT2D eigenvalue weighted by atomic mass is 10.1. The van der Waals surface area contributed by atoms with Gasteiger partial charge in [-0.3, -0.25) is 0 Å². The summed E-state index contributed by atoms with van der Waals surface area (Å²) >= 11 is 5.80. The molecular weight excluding hydrogens is 200 g/mol. The maximum atomic E-state index is 10.7. The Morgan fingerprint density at radius 2 is 2.36 bits per heavy atom. The largest absolute Gasteiger partial charge is 0.466 e. The van der Waals surface area contributed by atoms with E-state index in [4.69, 9.17) is 11.6 Å². The Bertz CT molecular complexity index is 345. The van der Waals surface area contributed by atoms with Gasteiger partial charge in [0.15, 0.2) is 0 Å². The molecule has 0 aliphatic rings. The normalized spacial score (nSPS) is 10.4. The number of hydrogen-bond donors (Lipinski definition) is 0. The van der Waals surface area contributed by atoms with Crippen LogP contribution in [0.25, 0.3) is 0 Å². The summed E-state index contributed by atoms with van der Waals surface area (Å²) in [5, 5.41) is 0.703. The standard InChI is InChI=1S/C11H11ClO2/c1-14-11(13)7-3-5-9-4-2-6-10(12)8-9/h2-4,6-8H,5H2,1H3/b7-3-. The van der Waals surface area contributed by atoms with E-state index in [0.29, 0.717) is 11.4 Å². The number of ether oxygens (including phenoxy) is 1. The minimum absolute atomic E-state index is 0.341. The molecule has 0 aliphatic carbocycles. The van der Waals surface area contributed by atoms with E-state index in [-0.39, 0.29) is 5.97 Å². The van der Waals surface area contributed by atoms with Crippen molar-refractivity contribution in [1.29, 1.82) is 0 Å². The fourth-order valence-electron chi connectivity index (χ4n) is 1.02. The number of methoxy groups -OCH3 is 1. The van der Waals surface area contributed by atoms with Crippen LogP contribution in [-0.4, -0.2) is 13.1 Å². The average molecular weight is 211 g/mol. The highest BCUT2D eigenvalue weighted by atomic mass is 35.5. The third-order valence-corrected chi connectivity index (χ3v) is 1.93. The van der Waals surface area contributed by atoms with Gasteiger partial charge in [-0.15, -0.1) is 0 Å². The van der Waals surface area contributed by atoms with E-state index in [1.807, 2.05) is 24.3 Å². The predicted octanol–water partition coefficient (Wildman–Crippen LogP) is 2.61. The predicted molar refractivity (Wildman–Crippen MR) is 56.3 cm³/mol. The molecule has 0 fully saturated rings. The molecule has 0 radical (unpaired) electrons. The Balaban J connectivity index is 2.53. The third kappa shape index (κ3) is 3.62. The van der Waals surface area contributed by atoms with Crippen molar-refractivity contribution in [3.8, 4) is 0 Å². The third-order valence-electron chi connectivity index (χ3n) is 1.70. The van der Waals surface area contributed by atoms with Gasteiger partial charge < -0.3 is 4.74 Å². The number of rotatable bonds is 3. The molecule has 0 amide bonds. The van der Waals surface area contributed by atoms with Gasteiger partial charge in [0.1, 0.15) is 0 Å². The number of hydrogen-bond acceptors (Lipinski definition) is 2. The van der Waals surface area contributed by atoms with E-state index in [1.54, 1.807) is 6.08 Å². The van der Waals surface area contributed by atoms with Gasteiger partial charge in [0, 0.05) is 11.1 Å². The van der Waals surface area contributed by atoms with Crippen LogP contribution < -0.4 is 0 Å². The van der Waals surface area contributed by atoms with Crippen LogP contribution in [0.5, 0.6) is 0 Å². The van der Waals surface area contributed by atoms with Gasteiger partial charge in [0.05, 0.1) is 7.11 Å². The molecule has 0 N–H and O–H groups in total. The number of carbonyl (C=O) groups excluding carboxylic acids is 1. The summed E-state index contributed by atoms with van der Waals surface area (Å²) in [5.41, 5.74) is 1.07. The highest BCUT2D eigenvalue weighted by Crippen LogP contribution is 2.11. The summed E-state index contributed by atoms with van der Waals surface area (Å²) in [5.74, 6) is -0.341. The highest BCUT2D eigenvalue weighted by Gasteiger charge is 1.93. The van der Waals surface area contributed by atoms with Crippen molar-refractivity contribution < 1.29 is 9.53 Å². The SMILES string of the molecule is COC(=O)/C=C\Cc1cccc(Cl)c1. The molecule has 0 saturated heterocycles. The molecule has 0 spiro atoms. The topological polar surface area (TPSA) is 26.3 Å². The lowest BCUT2D eigenvalue weighted by Crippen LogP contribution is -1.94. The van der Waals surface area contributed by atoms with E-state index in [0.717, 1.165) is 5.56 Å². The molecule has 0 aliphatic heterocycles. The van der Waals surface area contributed by atoms with E-state index in [2.05, 4.69) is 4.74 Å². The molecule has 1 aromatic carbocycles. The Hall–Kier alpha value is -1.28. The Kier molecular flexibility index (Phi) is 4.20. The Labute approximate surface area is 88.1 Å². The van der Waals surface area contributed by atoms with Crippen LogP contribution in [0.15, 0.2) is 36.4 Å². The Morgan fingerprint density at radius 1 is 1.57 bits per heavy atom. The number of benzene rings is 1. The number of esters is 1. The summed E-state index contributed by atoms with van der Waals surface area (Å²) in [6.07, 6.45) is 3.83. The molecule has 0 bridgehead atoms. The van der Waals surface area contributed by atoms with E-state index in [9.17, 15) is 4.79 Å². The van der Waals surface area contributed by atoms with Gasteiger partial charge >= 0.3 is 5.97 Å². The lowest BCUT2D eigenvalue weighted by Gasteiger charge is -1.96. The number of carbonyl (C=O) groups is 1. The van der Waals surface area contributed by atoms with Gasteiger partial charge in [0.25, 0.3) is 0 Å². The molecular formula is C11H11ClO2. The quantitative estimate of drug-likeness (QED) is 0.566. The van der Waals surface area contributed by atoms with Crippen LogP contribution in [0.3, 0.4) is 0 Å². The summed E-state index contributed by atoms with van der Waals surface area (Å²) < 4.78 is 4.46. The zero-order chi connectivity index (χ0) is 10.4. The molecule has 0 saturated carbocycles. The maximum Gasteiger partial charge on any atom is 0.330 e. The number of halogens is 1. The van der Waals surface area contributed by atoms with Crippen LogP contribution in [0.4, 0.5) is 0 Å². The molecule has 74 valence electrons. The minimum atomic E-state index is -0.341. The van der Waals surface area contributed by atoms with Crippen LogP contribution in [0.2, 0.25) is 5.02 Å². The molecule has 1 aromatic rings. The summed E-state index contributed by atoms with van der Waals surface area (Å²) in [7, 11) is 1.35. The van der Waals surface area contributed by atoms with Crippen molar-refractivity contribution >= 4 is 17.6 Å². The molecule has 0 atom stereocenters. The molecule has 14 heavy (non-hydrogen) atoms. The second-order valence-electron chi connectivity index (χ2n) is 2.76. The molecule has 0 unspecified atom stereocenters. The first kappa shape index (κ1) is 10.8. The van der Waals surface area contributed by atoms with Gasteiger partial charge in [-0.2, -0.15) is 0 Å². The van der Waals surface area contributed by atoms with Gasteiger partial charge in [-0.05, 0) is 24.1 Å². The lowest BCUT2D eigenvalue weighted by molar-refractivity contribution is -0.134. The van der Waals surface area contributed by atoms with Gasteiger partial charge in [-0.1, -0.05) is 29.8 Å². The van der Waals surface area contributed by atoms with Crippen LogP contribution in [0.1, 0.15) is 5.56 Å². The van der Waals surface area contributed by atoms with Gasteiger partial charge in [-0.25, -0.2) is 4.79 Å². The van der Waals surface area contributed by atoms with Crippen molar-refractivity contribution in [1.82, 2.24) is 0 Å². The van der Waals surface area contributed by atoms with E-state index >= 15 is 0 Å². The second-order valence-corrected chi connectivity index (χ2v) is 3.20. The molecule has 3 heteroatoms. The van der Waals surface area contributed by atoms with Crippen molar-refractivity contribution in [3.63, 3.8) is 0 Å². The minimum Gasteiger partial charge on any atom is -0.466 e. The molecule has 0 heterocycles. The first-order chi connectivity index (χ1) is 6.72. The average Bonchev–Trinajstić information content (AvgIpc) is 2.17. The first-order valence-corrected chi connectivity index (χ1v) is 4.59. The van der Waals surface area contributed by atoms with E-state index in [1.165, 1.54) is 13.2 Å². The smallest absolute Gasteiger partial charge is 0.330 e. The van der Waals surface area contributed by atoms with Crippen LogP contribution >= 0.6 is 11.6 Å². The van der Waals surface area contributed by atoms with Crippen molar-refractivity contribution in [2.45, 2.75) is 6.42 Å². The molecule has 0 aromatic heterocycles. The number of allylic oxidation sites excluding steroid dienone is 1. The fraction of sp³-hybridized carbons (Fsp3) is 0.182. The monoisotopic (exact) mass is 210 g/mol. The zero-order valence-electron chi connectivity index (χ0n) is 7.87. The van der Waals surface area contributed by atoms with Crippen molar-refractivity contribution in [2.75, 3.05) is 7.11 Å². The van der Waals surface area contributed by atoms with Crippen molar-refractivity contribution in [3.05, 3.63) is 47.0 Å². The zero-order valence-corrected chi connectivity index (χ0v) is 8.62. The summed E-state index contributed by atoms with van der Waals surface area (Å²) in [6, 6.07) is 7.51. The van der Waals surface area contributed by atoms with Crippen molar-refractivity contribution in [2.24, 2.45) is 0 Å². The van der Waals surface area contributed by atoms with Crippen LogP contribution in [0, 0.1) is 0 Å². The summed E-state index contributed by atoms with van der Waals surface area (Å²) in [4.78, 5) is 10.7. The first-order valence-electron chi connectivity index (χ1n) is 4.21. The van der Waals surface area contributed by atoms with E-state index < -0.39 is 0 Å².